The Bertz CT molecular complexity index is 1280. The molecule has 0 amide bonds. The van der Waals surface area contributed by atoms with Crippen molar-refractivity contribution in [2.45, 2.75) is 13.5 Å². The minimum Gasteiger partial charge on any atom is -0.476 e. The highest BCUT2D eigenvalue weighted by atomic mass is 19.1. The van der Waals surface area contributed by atoms with Gasteiger partial charge in [0.1, 0.15) is 12.4 Å². The van der Waals surface area contributed by atoms with Crippen LogP contribution in [0, 0.1) is 12.7 Å². The van der Waals surface area contributed by atoms with Crippen molar-refractivity contribution in [3.8, 4) is 11.4 Å². The van der Waals surface area contributed by atoms with Gasteiger partial charge < -0.3 is 9.63 Å². The zero-order chi connectivity index (χ0) is 19.8. The zero-order valence-electron chi connectivity index (χ0n) is 14.6. The van der Waals surface area contributed by atoms with E-state index in [2.05, 4.69) is 15.2 Å². The molecule has 2 aromatic heterocycles. The number of hydrogen-bond donors (Lipinski definition) is 1. The summed E-state index contributed by atoms with van der Waals surface area (Å²) in [6.07, 6.45) is 0. The SMILES string of the molecule is Cc1ccc(-c2noc(Cn3nc(C(=O)O)c4ccccc4c3=O)n2)cc1F. The van der Waals surface area contributed by atoms with Crippen molar-refractivity contribution in [3.63, 3.8) is 0 Å². The van der Waals surface area contributed by atoms with Crippen LogP contribution in [0.2, 0.25) is 0 Å². The summed E-state index contributed by atoms with van der Waals surface area (Å²) >= 11 is 0. The number of fused-ring (bicyclic) bond motifs is 1. The van der Waals surface area contributed by atoms with Gasteiger partial charge in [-0.2, -0.15) is 10.1 Å². The van der Waals surface area contributed by atoms with Gasteiger partial charge in [-0.1, -0.05) is 35.5 Å². The minimum atomic E-state index is -1.26. The fourth-order valence-electron chi connectivity index (χ4n) is 2.80. The predicted molar refractivity (Wildman–Crippen MR) is 96.5 cm³/mol. The molecule has 0 bridgehead atoms. The average molecular weight is 380 g/mol. The molecule has 0 aliphatic heterocycles. The van der Waals surface area contributed by atoms with Crippen LogP contribution >= 0.6 is 0 Å². The Morgan fingerprint density at radius 1 is 1.21 bits per heavy atom. The lowest BCUT2D eigenvalue weighted by molar-refractivity contribution is 0.0690. The summed E-state index contributed by atoms with van der Waals surface area (Å²) in [7, 11) is 0. The third kappa shape index (κ3) is 3.02. The van der Waals surface area contributed by atoms with E-state index in [9.17, 15) is 19.1 Å². The molecular formula is C19H13FN4O4. The highest BCUT2D eigenvalue weighted by molar-refractivity contribution is 6.01. The largest absolute Gasteiger partial charge is 0.476 e. The molecule has 0 atom stereocenters. The summed E-state index contributed by atoms with van der Waals surface area (Å²) in [6.45, 7) is 1.42. The zero-order valence-corrected chi connectivity index (χ0v) is 14.6. The van der Waals surface area contributed by atoms with Gasteiger partial charge in [0, 0.05) is 10.9 Å². The quantitative estimate of drug-likeness (QED) is 0.579. The fourth-order valence-corrected chi connectivity index (χ4v) is 2.80. The van der Waals surface area contributed by atoms with Crippen LogP contribution in [0.25, 0.3) is 22.2 Å². The summed E-state index contributed by atoms with van der Waals surface area (Å²) in [6, 6.07) is 10.8. The molecule has 1 N–H and O–H groups in total. The number of aromatic carboxylic acids is 1. The summed E-state index contributed by atoms with van der Waals surface area (Å²) in [5.74, 6) is -1.47. The van der Waals surface area contributed by atoms with Crippen LogP contribution in [0.3, 0.4) is 0 Å². The normalized spacial score (nSPS) is 11.1. The number of aromatic nitrogens is 4. The lowest BCUT2D eigenvalue weighted by Gasteiger charge is -2.06. The third-order valence-corrected chi connectivity index (χ3v) is 4.25. The van der Waals surface area contributed by atoms with Gasteiger partial charge in [-0.15, -0.1) is 0 Å². The summed E-state index contributed by atoms with van der Waals surface area (Å²) in [5, 5.41) is 17.6. The van der Waals surface area contributed by atoms with E-state index in [1.807, 2.05) is 0 Å². The van der Waals surface area contributed by atoms with Crippen molar-refractivity contribution in [1.82, 2.24) is 19.9 Å². The van der Waals surface area contributed by atoms with E-state index < -0.39 is 17.3 Å². The first-order valence-electron chi connectivity index (χ1n) is 8.26. The van der Waals surface area contributed by atoms with Gasteiger partial charge in [0.15, 0.2) is 5.69 Å². The monoisotopic (exact) mass is 380 g/mol. The van der Waals surface area contributed by atoms with Crippen molar-refractivity contribution in [3.05, 3.63) is 75.8 Å². The topological polar surface area (TPSA) is 111 Å². The number of carboxylic acid groups (broad SMARTS) is 1. The van der Waals surface area contributed by atoms with Gasteiger partial charge in [-0.25, -0.2) is 13.9 Å². The van der Waals surface area contributed by atoms with Crippen LogP contribution in [0.1, 0.15) is 21.9 Å². The van der Waals surface area contributed by atoms with Gasteiger partial charge in [-0.05, 0) is 24.6 Å². The van der Waals surface area contributed by atoms with E-state index in [4.69, 9.17) is 4.52 Å². The Balaban J connectivity index is 1.74. The first kappa shape index (κ1) is 17.5. The standard InChI is InChI=1S/C19H13FN4O4/c1-10-6-7-11(8-14(10)20)17-21-15(28-23-17)9-24-18(25)13-5-3-2-4-12(13)16(22-24)19(26)27/h2-8H,9H2,1H3,(H,26,27). The molecule has 4 aromatic rings. The molecule has 28 heavy (non-hydrogen) atoms. The Labute approximate surface area is 156 Å². The molecule has 0 fully saturated rings. The van der Waals surface area contributed by atoms with Gasteiger partial charge in [0.25, 0.3) is 5.56 Å². The highest BCUT2D eigenvalue weighted by Crippen LogP contribution is 2.19. The molecule has 0 unspecified atom stereocenters. The molecule has 0 aliphatic rings. The first-order chi connectivity index (χ1) is 13.4. The van der Waals surface area contributed by atoms with Crippen LogP contribution in [0.4, 0.5) is 4.39 Å². The molecule has 8 nitrogen and oxygen atoms in total. The van der Waals surface area contributed by atoms with E-state index in [1.165, 1.54) is 18.2 Å². The van der Waals surface area contributed by atoms with Crippen molar-refractivity contribution in [2.75, 3.05) is 0 Å². The molecular weight excluding hydrogens is 367 g/mol. The maximum Gasteiger partial charge on any atom is 0.357 e. The van der Waals surface area contributed by atoms with Gasteiger partial charge in [0.2, 0.25) is 11.7 Å². The van der Waals surface area contributed by atoms with E-state index in [0.717, 1.165) is 4.68 Å². The summed E-state index contributed by atoms with van der Waals surface area (Å²) in [5.41, 5.74) is 0.168. The van der Waals surface area contributed by atoms with Gasteiger partial charge in [-0.3, -0.25) is 4.79 Å². The van der Waals surface area contributed by atoms with Gasteiger partial charge in [0.05, 0.1) is 5.39 Å². The van der Waals surface area contributed by atoms with Crippen LogP contribution in [0.15, 0.2) is 51.8 Å². The first-order valence-corrected chi connectivity index (χ1v) is 8.26. The molecule has 0 saturated carbocycles. The summed E-state index contributed by atoms with van der Waals surface area (Å²) in [4.78, 5) is 28.3. The van der Waals surface area contributed by atoms with Gasteiger partial charge >= 0.3 is 5.97 Å². The molecule has 9 heteroatoms. The lowest BCUT2D eigenvalue weighted by atomic mass is 10.1. The summed E-state index contributed by atoms with van der Waals surface area (Å²) < 4.78 is 19.8. The molecule has 0 radical (unpaired) electrons. The number of benzene rings is 2. The lowest BCUT2D eigenvalue weighted by Crippen LogP contribution is -2.26. The number of carbonyl (C=O) groups is 1. The number of rotatable bonds is 4. The van der Waals surface area contributed by atoms with E-state index >= 15 is 0 Å². The number of aryl methyl sites for hydroxylation is 1. The molecule has 140 valence electrons. The molecule has 0 spiro atoms. The molecule has 2 heterocycles. The Morgan fingerprint density at radius 2 is 1.96 bits per heavy atom. The smallest absolute Gasteiger partial charge is 0.357 e. The molecule has 2 aromatic carbocycles. The number of halogens is 1. The van der Waals surface area contributed by atoms with E-state index in [0.29, 0.717) is 11.1 Å². The van der Waals surface area contributed by atoms with Crippen molar-refractivity contribution in [1.29, 1.82) is 0 Å². The molecule has 0 saturated heterocycles. The second-order valence-electron chi connectivity index (χ2n) is 6.14. The van der Waals surface area contributed by atoms with Crippen LogP contribution in [0.5, 0.6) is 0 Å². The van der Waals surface area contributed by atoms with Crippen molar-refractivity contribution < 1.29 is 18.8 Å². The number of hydrogen-bond acceptors (Lipinski definition) is 6. The van der Waals surface area contributed by atoms with E-state index in [1.54, 1.807) is 31.2 Å². The number of nitrogens with zero attached hydrogens (tertiary/aromatic N) is 4. The van der Waals surface area contributed by atoms with E-state index in [-0.39, 0.29) is 34.7 Å². The Morgan fingerprint density at radius 3 is 2.68 bits per heavy atom. The fraction of sp³-hybridized carbons (Fsp3) is 0.105. The Hall–Kier alpha value is -3.88. The van der Waals surface area contributed by atoms with Crippen molar-refractivity contribution >= 4 is 16.7 Å². The minimum absolute atomic E-state index is 0.0391. The van der Waals surface area contributed by atoms with Crippen molar-refractivity contribution in [2.24, 2.45) is 0 Å². The second-order valence-corrected chi connectivity index (χ2v) is 6.14. The van der Waals surface area contributed by atoms with Crippen LogP contribution in [-0.2, 0) is 6.54 Å². The average Bonchev–Trinajstić information content (AvgIpc) is 3.14. The molecule has 0 aliphatic carbocycles. The number of carboxylic acids is 1. The van der Waals surface area contributed by atoms with Crippen LogP contribution in [-0.4, -0.2) is 31.0 Å². The third-order valence-electron chi connectivity index (χ3n) is 4.25. The second kappa shape index (κ2) is 6.69. The molecule has 4 rings (SSSR count). The maximum atomic E-state index is 13.7. The predicted octanol–water partition coefficient (Wildman–Crippen LogP) is 2.64. The highest BCUT2D eigenvalue weighted by Gasteiger charge is 2.18. The maximum absolute atomic E-state index is 13.7. The van der Waals surface area contributed by atoms with Crippen LogP contribution < -0.4 is 5.56 Å². The Kier molecular flexibility index (Phi) is 4.19.